The van der Waals surface area contributed by atoms with E-state index in [1.165, 1.54) is 18.6 Å². The van der Waals surface area contributed by atoms with Crippen LogP contribution in [0, 0.1) is 0 Å². The van der Waals surface area contributed by atoms with Crippen LogP contribution < -0.4 is 15.2 Å². The number of hydrogen-bond acceptors (Lipinski definition) is 3. The minimum absolute atomic E-state index is 0.546. The van der Waals surface area contributed by atoms with Gasteiger partial charge >= 0.3 is 6.18 Å². The van der Waals surface area contributed by atoms with Crippen molar-refractivity contribution in [3.8, 4) is 0 Å². The Morgan fingerprint density at radius 3 is 2.06 bits per heavy atom. The molecule has 0 aromatic rings. The lowest BCUT2D eigenvalue weighted by atomic mass is 9.99. The summed E-state index contributed by atoms with van der Waals surface area (Å²) in [5, 5.41) is 0. The summed E-state index contributed by atoms with van der Waals surface area (Å²) in [5.41, 5.74) is 4.45. The fraction of sp³-hybridized carbons (Fsp3) is 1.00. The van der Waals surface area contributed by atoms with Gasteiger partial charge in [0.2, 0.25) is 0 Å². The van der Waals surface area contributed by atoms with E-state index in [1.54, 1.807) is 6.92 Å². The molecule has 0 spiro atoms. The Kier molecular flexibility index (Phi) is 4.75. The van der Waals surface area contributed by atoms with Crippen molar-refractivity contribution in [2.24, 2.45) is 5.73 Å². The van der Waals surface area contributed by atoms with Crippen LogP contribution >= 0.6 is 0 Å². The SMILES string of the molecule is CC(N)C(C)(C)NS(=O)(=O)NCC(F)(F)F. The molecule has 0 saturated carbocycles. The van der Waals surface area contributed by atoms with E-state index in [0.29, 0.717) is 0 Å². The lowest BCUT2D eigenvalue weighted by Gasteiger charge is -2.29. The monoisotopic (exact) mass is 263 g/mol. The van der Waals surface area contributed by atoms with Gasteiger partial charge in [-0.25, -0.2) is 0 Å². The summed E-state index contributed by atoms with van der Waals surface area (Å²) in [7, 11) is -4.22. The highest BCUT2D eigenvalue weighted by Crippen LogP contribution is 2.13. The molecule has 0 radical (unpaired) electrons. The van der Waals surface area contributed by atoms with Crippen LogP contribution in [0.5, 0.6) is 0 Å². The standard InChI is InChI=1S/C7H16F3N3O2S/c1-5(11)6(2,3)13-16(14,15)12-4-7(8,9)10/h5,12-13H,4,11H2,1-3H3. The summed E-state index contributed by atoms with van der Waals surface area (Å²) < 4.78 is 61.3. The number of alkyl halides is 3. The van der Waals surface area contributed by atoms with E-state index in [-0.39, 0.29) is 0 Å². The Labute approximate surface area is 92.8 Å². The smallest absolute Gasteiger partial charge is 0.326 e. The molecule has 0 aromatic heterocycles. The van der Waals surface area contributed by atoms with Crippen LogP contribution in [-0.2, 0) is 10.2 Å². The van der Waals surface area contributed by atoms with Gasteiger partial charge in [0, 0.05) is 11.6 Å². The molecule has 0 heterocycles. The van der Waals surface area contributed by atoms with Crippen molar-refractivity contribution in [2.75, 3.05) is 6.54 Å². The van der Waals surface area contributed by atoms with Crippen molar-refractivity contribution in [2.45, 2.75) is 38.5 Å². The first kappa shape index (κ1) is 15.6. The topological polar surface area (TPSA) is 84.2 Å². The summed E-state index contributed by atoms with van der Waals surface area (Å²) in [6, 6.07) is -0.546. The van der Waals surface area contributed by atoms with Gasteiger partial charge in [0.25, 0.3) is 10.2 Å². The molecule has 0 aliphatic heterocycles. The van der Waals surface area contributed by atoms with Crippen molar-refractivity contribution in [1.82, 2.24) is 9.44 Å². The van der Waals surface area contributed by atoms with Gasteiger partial charge in [-0.15, -0.1) is 0 Å². The molecule has 0 saturated heterocycles. The second-order valence-corrected chi connectivity index (χ2v) is 5.55. The Hall–Kier alpha value is -0.380. The summed E-state index contributed by atoms with van der Waals surface area (Å²) in [6.45, 7) is 2.89. The second-order valence-electron chi connectivity index (χ2n) is 4.05. The van der Waals surface area contributed by atoms with Gasteiger partial charge in [0.1, 0.15) is 6.54 Å². The normalized spacial score (nSPS) is 16.2. The Morgan fingerprint density at radius 1 is 1.31 bits per heavy atom. The van der Waals surface area contributed by atoms with E-state index < -0.39 is 34.5 Å². The summed E-state index contributed by atoms with van der Waals surface area (Å²) >= 11 is 0. The van der Waals surface area contributed by atoms with Crippen LogP contribution in [-0.4, -0.2) is 32.7 Å². The van der Waals surface area contributed by atoms with Gasteiger partial charge in [0.15, 0.2) is 0 Å². The van der Waals surface area contributed by atoms with Gasteiger partial charge in [-0.2, -0.15) is 31.0 Å². The zero-order chi connectivity index (χ0) is 13.2. The lowest BCUT2D eigenvalue weighted by molar-refractivity contribution is -0.121. The van der Waals surface area contributed by atoms with E-state index in [1.807, 2.05) is 4.72 Å². The number of halogens is 3. The maximum absolute atomic E-state index is 11.8. The highest BCUT2D eigenvalue weighted by atomic mass is 32.2. The quantitative estimate of drug-likeness (QED) is 0.657. The molecule has 0 aliphatic rings. The number of nitrogens with two attached hydrogens (primary N) is 1. The first-order valence-corrected chi connectivity index (χ1v) is 5.95. The molecule has 0 amide bonds. The fourth-order valence-electron chi connectivity index (χ4n) is 0.652. The first-order chi connectivity index (χ1) is 6.86. The largest absolute Gasteiger partial charge is 0.402 e. The minimum Gasteiger partial charge on any atom is -0.326 e. The van der Waals surface area contributed by atoms with E-state index in [2.05, 4.69) is 0 Å². The van der Waals surface area contributed by atoms with E-state index in [9.17, 15) is 21.6 Å². The van der Waals surface area contributed by atoms with E-state index >= 15 is 0 Å². The first-order valence-electron chi connectivity index (χ1n) is 4.46. The van der Waals surface area contributed by atoms with Crippen LogP contribution in [0.3, 0.4) is 0 Å². The second kappa shape index (κ2) is 4.86. The van der Waals surface area contributed by atoms with Crippen molar-refractivity contribution in [3.05, 3.63) is 0 Å². The lowest BCUT2D eigenvalue weighted by Crippen LogP contribution is -2.57. The Morgan fingerprint density at radius 2 is 1.75 bits per heavy atom. The molecule has 16 heavy (non-hydrogen) atoms. The van der Waals surface area contributed by atoms with Gasteiger partial charge in [-0.1, -0.05) is 0 Å². The predicted octanol–water partition coefficient (Wildman–Crippen LogP) is 0.0985. The Balaban J connectivity index is 4.49. The molecule has 0 rings (SSSR count). The molecule has 0 fully saturated rings. The van der Waals surface area contributed by atoms with Crippen molar-refractivity contribution in [3.63, 3.8) is 0 Å². The third kappa shape index (κ3) is 6.26. The van der Waals surface area contributed by atoms with Crippen molar-refractivity contribution in [1.29, 1.82) is 0 Å². The molecule has 5 nitrogen and oxygen atoms in total. The summed E-state index contributed by atoms with van der Waals surface area (Å²) in [6.07, 6.45) is -4.59. The van der Waals surface area contributed by atoms with E-state index in [0.717, 1.165) is 0 Å². The average Bonchev–Trinajstić information content (AvgIpc) is 1.97. The van der Waals surface area contributed by atoms with Crippen LogP contribution in [0.15, 0.2) is 0 Å². The zero-order valence-corrected chi connectivity index (χ0v) is 10.0. The van der Waals surface area contributed by atoms with Gasteiger partial charge in [0.05, 0.1) is 0 Å². The van der Waals surface area contributed by atoms with Crippen molar-refractivity contribution < 1.29 is 21.6 Å². The number of rotatable bonds is 5. The highest BCUT2D eigenvalue weighted by Gasteiger charge is 2.33. The fourth-order valence-corrected chi connectivity index (χ4v) is 1.96. The molecule has 0 aromatic carbocycles. The third-order valence-electron chi connectivity index (χ3n) is 2.00. The predicted molar refractivity (Wildman–Crippen MR) is 53.8 cm³/mol. The molecule has 4 N–H and O–H groups in total. The maximum atomic E-state index is 11.8. The van der Waals surface area contributed by atoms with Crippen LogP contribution in [0.4, 0.5) is 13.2 Å². The van der Waals surface area contributed by atoms with Crippen LogP contribution in [0.25, 0.3) is 0 Å². The molecule has 1 unspecified atom stereocenters. The molecule has 0 bridgehead atoms. The van der Waals surface area contributed by atoms with Crippen LogP contribution in [0.2, 0.25) is 0 Å². The molecular formula is C7H16F3N3O2S. The third-order valence-corrected chi connectivity index (χ3v) is 3.32. The minimum atomic E-state index is -4.59. The summed E-state index contributed by atoms with van der Waals surface area (Å²) in [4.78, 5) is 0. The summed E-state index contributed by atoms with van der Waals surface area (Å²) in [5.74, 6) is 0. The zero-order valence-electron chi connectivity index (χ0n) is 9.22. The van der Waals surface area contributed by atoms with Crippen LogP contribution in [0.1, 0.15) is 20.8 Å². The van der Waals surface area contributed by atoms with Gasteiger partial charge in [-0.3, -0.25) is 0 Å². The van der Waals surface area contributed by atoms with Crippen molar-refractivity contribution >= 4 is 10.2 Å². The van der Waals surface area contributed by atoms with E-state index in [4.69, 9.17) is 5.73 Å². The average molecular weight is 263 g/mol. The Bertz CT molecular complexity index is 324. The highest BCUT2D eigenvalue weighted by molar-refractivity contribution is 7.87. The molecule has 1 atom stereocenters. The molecular weight excluding hydrogens is 247 g/mol. The van der Waals surface area contributed by atoms with Gasteiger partial charge in [-0.05, 0) is 20.8 Å². The number of nitrogens with one attached hydrogen (secondary N) is 2. The number of hydrogen-bond donors (Lipinski definition) is 3. The molecule has 9 heteroatoms. The van der Waals surface area contributed by atoms with Gasteiger partial charge < -0.3 is 5.73 Å². The maximum Gasteiger partial charge on any atom is 0.402 e. The molecule has 98 valence electrons. The molecule has 0 aliphatic carbocycles.